The maximum absolute atomic E-state index is 11.9. The molecule has 0 radical (unpaired) electrons. The fourth-order valence-electron chi connectivity index (χ4n) is 1.89. The zero-order valence-electron chi connectivity index (χ0n) is 14.8. The summed E-state index contributed by atoms with van der Waals surface area (Å²) in [5.74, 6) is -2.38. The first-order valence-corrected chi connectivity index (χ1v) is 7.34. The third-order valence-electron chi connectivity index (χ3n) is 3.22. The summed E-state index contributed by atoms with van der Waals surface area (Å²) in [4.78, 5) is 34.8. The third-order valence-corrected chi connectivity index (χ3v) is 3.22. The Morgan fingerprint density at radius 3 is 2.08 bits per heavy atom. The number of esters is 3. The van der Waals surface area contributed by atoms with Crippen LogP contribution in [0.4, 0.5) is 0 Å². The molecule has 1 atom stereocenters. The lowest BCUT2D eigenvalue weighted by molar-refractivity contribution is -0.167. The normalized spacial score (nSPS) is 11.5. The monoisotopic (exact) mass is 368 g/mol. The van der Waals surface area contributed by atoms with Gasteiger partial charge in [-0.05, 0) is 23.8 Å². The van der Waals surface area contributed by atoms with E-state index in [2.05, 4.69) is 9.47 Å². The van der Waals surface area contributed by atoms with Gasteiger partial charge in [-0.15, -0.1) is 0 Å². The number of hydrogen-bond acceptors (Lipinski definition) is 9. The molecule has 9 heteroatoms. The van der Waals surface area contributed by atoms with Gasteiger partial charge in [0.15, 0.2) is 11.5 Å². The van der Waals surface area contributed by atoms with E-state index in [1.165, 1.54) is 32.4 Å². The largest absolute Gasteiger partial charge is 0.502 e. The molecule has 0 saturated heterocycles. The van der Waals surface area contributed by atoms with Crippen LogP contribution in [-0.2, 0) is 28.6 Å². The minimum absolute atomic E-state index is 0.149. The van der Waals surface area contributed by atoms with Crippen molar-refractivity contribution in [1.82, 2.24) is 0 Å². The molecule has 1 rings (SSSR count). The average Bonchev–Trinajstić information content (AvgIpc) is 2.65. The Hall–Kier alpha value is -3.23. The van der Waals surface area contributed by atoms with E-state index in [0.29, 0.717) is 5.56 Å². The number of methoxy groups -OCH3 is 4. The minimum atomic E-state index is -1.42. The fraction of sp³-hybridized carbons (Fsp3) is 0.353. The van der Waals surface area contributed by atoms with Gasteiger partial charge in [0.05, 0.1) is 34.9 Å². The highest BCUT2D eigenvalue weighted by Gasteiger charge is 2.26. The number of aromatic hydroxyl groups is 1. The van der Waals surface area contributed by atoms with E-state index in [-0.39, 0.29) is 17.2 Å². The number of rotatable bonds is 8. The highest BCUT2D eigenvalue weighted by atomic mass is 16.6. The van der Waals surface area contributed by atoms with Gasteiger partial charge in [0.1, 0.15) is 0 Å². The van der Waals surface area contributed by atoms with Crippen LogP contribution in [0.3, 0.4) is 0 Å². The molecule has 9 nitrogen and oxygen atoms in total. The van der Waals surface area contributed by atoms with Crippen LogP contribution in [0.5, 0.6) is 17.2 Å². The lowest BCUT2D eigenvalue weighted by Crippen LogP contribution is -2.30. The van der Waals surface area contributed by atoms with Gasteiger partial charge in [-0.3, -0.25) is 4.79 Å². The average molecular weight is 368 g/mol. The van der Waals surface area contributed by atoms with Gasteiger partial charge in [-0.25, -0.2) is 9.59 Å². The summed E-state index contributed by atoms with van der Waals surface area (Å²) in [6.07, 6.45) is 0.509. The number of hydrogen-bond donors (Lipinski definition) is 1. The molecule has 0 aliphatic rings. The Kier molecular flexibility index (Phi) is 7.94. The maximum atomic E-state index is 11.9. The number of carbonyl (C=O) groups excluding carboxylic acids is 3. The van der Waals surface area contributed by atoms with Crippen LogP contribution in [0, 0.1) is 0 Å². The molecule has 1 N–H and O–H groups in total. The molecule has 142 valence electrons. The highest BCUT2D eigenvalue weighted by Crippen LogP contribution is 2.37. The molecule has 26 heavy (non-hydrogen) atoms. The lowest BCUT2D eigenvalue weighted by Gasteiger charge is -2.13. The first-order chi connectivity index (χ1) is 12.4. The van der Waals surface area contributed by atoms with Gasteiger partial charge in [0.2, 0.25) is 11.9 Å². The summed E-state index contributed by atoms with van der Waals surface area (Å²) >= 11 is 0. The molecule has 1 aromatic carbocycles. The molecule has 0 saturated carbocycles. The molecule has 0 bridgehead atoms. The topological polar surface area (TPSA) is 118 Å². The number of ether oxygens (including phenoxy) is 5. The molecule has 1 aromatic rings. The van der Waals surface area contributed by atoms with E-state index in [1.807, 2.05) is 0 Å². The van der Waals surface area contributed by atoms with Crippen molar-refractivity contribution in [3.8, 4) is 17.2 Å². The first-order valence-electron chi connectivity index (χ1n) is 7.34. The Bertz CT molecular complexity index is 668. The van der Waals surface area contributed by atoms with Crippen molar-refractivity contribution in [2.24, 2.45) is 0 Å². The Labute approximate surface area is 150 Å². The van der Waals surface area contributed by atoms with Crippen molar-refractivity contribution >= 4 is 24.0 Å². The zero-order valence-corrected chi connectivity index (χ0v) is 14.8. The van der Waals surface area contributed by atoms with Gasteiger partial charge in [0.25, 0.3) is 0 Å². The number of benzene rings is 1. The molecular weight excluding hydrogens is 348 g/mol. The summed E-state index contributed by atoms with van der Waals surface area (Å²) in [5.41, 5.74) is 0.469. The van der Waals surface area contributed by atoms with E-state index in [0.717, 1.165) is 20.3 Å². The quantitative estimate of drug-likeness (QED) is 0.408. The van der Waals surface area contributed by atoms with Crippen LogP contribution in [0.1, 0.15) is 12.0 Å². The Morgan fingerprint density at radius 1 is 1.04 bits per heavy atom. The van der Waals surface area contributed by atoms with Crippen LogP contribution in [0.15, 0.2) is 18.2 Å². The van der Waals surface area contributed by atoms with Gasteiger partial charge in [0, 0.05) is 6.08 Å². The van der Waals surface area contributed by atoms with Crippen molar-refractivity contribution in [2.75, 3.05) is 28.4 Å². The number of phenolic OH excluding ortho intramolecular Hbond substituents is 1. The van der Waals surface area contributed by atoms with Crippen molar-refractivity contribution < 1.29 is 43.2 Å². The Morgan fingerprint density at radius 2 is 1.62 bits per heavy atom. The second kappa shape index (κ2) is 9.92. The summed E-state index contributed by atoms with van der Waals surface area (Å²) in [6, 6.07) is 2.93. The smallest absolute Gasteiger partial charge is 0.347 e. The third kappa shape index (κ3) is 5.69. The summed E-state index contributed by atoms with van der Waals surface area (Å²) in [5, 5.41) is 9.84. The van der Waals surface area contributed by atoms with Crippen LogP contribution >= 0.6 is 0 Å². The maximum Gasteiger partial charge on any atom is 0.347 e. The fourth-order valence-corrected chi connectivity index (χ4v) is 1.89. The molecule has 1 unspecified atom stereocenters. The zero-order chi connectivity index (χ0) is 19.7. The molecule has 0 spiro atoms. The van der Waals surface area contributed by atoms with Crippen LogP contribution < -0.4 is 9.47 Å². The summed E-state index contributed by atoms with van der Waals surface area (Å²) in [7, 11) is 4.98. The molecule has 0 aliphatic carbocycles. The standard InChI is InChI=1S/C17H20O9/c1-22-11-7-10(8-12(23-2)16(11)20)5-6-14(18)26-13(17(21)25-4)9-15(19)24-3/h5-8,13,20H,9H2,1-4H3. The summed E-state index contributed by atoms with van der Waals surface area (Å²) < 4.78 is 23.9. The van der Waals surface area contributed by atoms with Crippen LogP contribution in [0.2, 0.25) is 0 Å². The van der Waals surface area contributed by atoms with Crippen molar-refractivity contribution in [1.29, 1.82) is 0 Å². The van der Waals surface area contributed by atoms with Gasteiger partial charge < -0.3 is 28.8 Å². The molecule has 0 aromatic heterocycles. The van der Waals surface area contributed by atoms with Crippen LogP contribution in [-0.4, -0.2) is 57.6 Å². The van der Waals surface area contributed by atoms with E-state index in [4.69, 9.17) is 14.2 Å². The predicted molar refractivity (Wildman–Crippen MR) is 88.8 cm³/mol. The summed E-state index contributed by atoms with van der Waals surface area (Å²) in [6.45, 7) is 0. The molecular formula is C17H20O9. The van der Waals surface area contributed by atoms with Crippen LogP contribution in [0.25, 0.3) is 6.08 Å². The second-order valence-electron chi connectivity index (χ2n) is 4.84. The number of carbonyl (C=O) groups is 3. The van der Waals surface area contributed by atoms with E-state index in [1.54, 1.807) is 0 Å². The lowest BCUT2D eigenvalue weighted by atomic mass is 10.1. The minimum Gasteiger partial charge on any atom is -0.502 e. The van der Waals surface area contributed by atoms with E-state index >= 15 is 0 Å². The highest BCUT2D eigenvalue weighted by molar-refractivity contribution is 5.90. The SMILES string of the molecule is COC(=O)CC(OC(=O)C=Cc1cc(OC)c(O)c(OC)c1)C(=O)OC. The van der Waals surface area contributed by atoms with Crippen molar-refractivity contribution in [2.45, 2.75) is 12.5 Å². The molecule has 0 aliphatic heterocycles. The van der Waals surface area contributed by atoms with Crippen molar-refractivity contribution in [3.63, 3.8) is 0 Å². The molecule has 0 heterocycles. The van der Waals surface area contributed by atoms with Gasteiger partial charge in [-0.1, -0.05) is 0 Å². The van der Waals surface area contributed by atoms with E-state index in [9.17, 15) is 19.5 Å². The predicted octanol–water partition coefficient (Wildman–Crippen LogP) is 1.07. The van der Waals surface area contributed by atoms with E-state index < -0.39 is 30.4 Å². The molecule has 0 amide bonds. The van der Waals surface area contributed by atoms with Gasteiger partial charge >= 0.3 is 17.9 Å². The first kappa shape index (κ1) is 20.8. The second-order valence-corrected chi connectivity index (χ2v) is 4.84. The van der Waals surface area contributed by atoms with Gasteiger partial charge in [-0.2, -0.15) is 0 Å². The Balaban J connectivity index is 2.91. The molecule has 0 fully saturated rings. The van der Waals surface area contributed by atoms with Crippen molar-refractivity contribution in [3.05, 3.63) is 23.8 Å². The number of phenols is 1.